The minimum absolute atomic E-state index is 0.0243. The molecule has 1 saturated heterocycles. The summed E-state index contributed by atoms with van der Waals surface area (Å²) >= 11 is 0. The molecular formula is C22H25FN2O3. The molecule has 0 unspecified atom stereocenters. The molecule has 1 aromatic heterocycles. The Bertz CT molecular complexity index is 809. The van der Waals surface area contributed by atoms with Gasteiger partial charge in [-0.15, -0.1) is 0 Å². The Balaban J connectivity index is 1.34. The van der Waals surface area contributed by atoms with E-state index < -0.39 is 0 Å². The van der Waals surface area contributed by atoms with Crippen molar-refractivity contribution in [3.63, 3.8) is 0 Å². The molecule has 0 atom stereocenters. The van der Waals surface area contributed by atoms with E-state index in [1.165, 1.54) is 12.1 Å². The number of hydrogen-bond acceptors (Lipinski definition) is 3. The second-order valence-electron chi connectivity index (χ2n) is 7.01. The number of hydrogen-bond donors (Lipinski definition) is 1. The van der Waals surface area contributed by atoms with E-state index in [2.05, 4.69) is 5.32 Å². The van der Waals surface area contributed by atoms with Crippen LogP contribution in [0.25, 0.3) is 6.08 Å². The Morgan fingerprint density at radius 2 is 1.96 bits per heavy atom. The highest BCUT2D eigenvalue weighted by Crippen LogP contribution is 2.17. The minimum Gasteiger partial charge on any atom is -0.465 e. The van der Waals surface area contributed by atoms with Gasteiger partial charge in [-0.3, -0.25) is 9.59 Å². The van der Waals surface area contributed by atoms with Gasteiger partial charge < -0.3 is 14.6 Å². The number of amides is 2. The summed E-state index contributed by atoms with van der Waals surface area (Å²) in [6.07, 6.45) is 7.15. The zero-order chi connectivity index (χ0) is 19.8. The standard InChI is InChI=1S/C22H25FN2O3/c23-20-6-2-1-4-18(20)7-9-21(26)24-16-17-11-13-25(14-12-17)22(27)10-8-19-5-3-15-28-19/h1-6,8,10,15,17H,7,9,11-14,16H2,(H,24,26)/b10-8+. The Morgan fingerprint density at radius 1 is 1.18 bits per heavy atom. The second-order valence-corrected chi connectivity index (χ2v) is 7.01. The van der Waals surface area contributed by atoms with Crippen LogP contribution in [0.1, 0.15) is 30.6 Å². The Kier molecular flexibility index (Phi) is 7.00. The minimum atomic E-state index is -0.270. The lowest BCUT2D eigenvalue weighted by molar-refractivity contribution is -0.127. The molecule has 1 aliphatic heterocycles. The van der Waals surface area contributed by atoms with Crippen LogP contribution in [0, 0.1) is 11.7 Å². The third kappa shape index (κ3) is 5.81. The van der Waals surface area contributed by atoms with E-state index in [0.29, 0.717) is 43.3 Å². The number of likely N-dealkylation sites (tertiary alicyclic amines) is 1. The van der Waals surface area contributed by atoms with Gasteiger partial charge in [-0.05, 0) is 55.0 Å². The first-order chi connectivity index (χ1) is 13.6. The fourth-order valence-corrected chi connectivity index (χ4v) is 3.30. The molecule has 1 aromatic carbocycles. The molecule has 1 aliphatic rings. The van der Waals surface area contributed by atoms with Crippen molar-refractivity contribution in [1.29, 1.82) is 0 Å². The highest BCUT2D eigenvalue weighted by atomic mass is 19.1. The maximum atomic E-state index is 13.6. The fraction of sp³-hybridized carbons (Fsp3) is 0.364. The maximum absolute atomic E-state index is 13.6. The lowest BCUT2D eigenvalue weighted by Gasteiger charge is -2.31. The second kappa shape index (κ2) is 9.88. The molecule has 0 bridgehead atoms. The van der Waals surface area contributed by atoms with Gasteiger partial charge in [0.2, 0.25) is 11.8 Å². The zero-order valence-electron chi connectivity index (χ0n) is 15.8. The quantitative estimate of drug-likeness (QED) is 0.744. The van der Waals surface area contributed by atoms with E-state index in [-0.39, 0.29) is 24.1 Å². The number of nitrogens with one attached hydrogen (secondary N) is 1. The van der Waals surface area contributed by atoms with Gasteiger partial charge in [-0.2, -0.15) is 0 Å². The van der Waals surface area contributed by atoms with Crippen LogP contribution in [0.15, 0.2) is 53.2 Å². The van der Waals surface area contributed by atoms with Crippen LogP contribution in [-0.2, 0) is 16.0 Å². The number of piperidine rings is 1. The van der Waals surface area contributed by atoms with Crippen LogP contribution in [0.2, 0.25) is 0 Å². The van der Waals surface area contributed by atoms with Crippen LogP contribution in [-0.4, -0.2) is 36.3 Å². The summed E-state index contributed by atoms with van der Waals surface area (Å²) in [5.41, 5.74) is 0.562. The van der Waals surface area contributed by atoms with Crippen molar-refractivity contribution >= 4 is 17.9 Å². The Labute approximate surface area is 164 Å². The van der Waals surface area contributed by atoms with Crippen molar-refractivity contribution in [2.75, 3.05) is 19.6 Å². The smallest absolute Gasteiger partial charge is 0.246 e. The molecule has 5 nitrogen and oxygen atoms in total. The largest absolute Gasteiger partial charge is 0.465 e. The van der Waals surface area contributed by atoms with Crippen molar-refractivity contribution in [3.05, 3.63) is 65.9 Å². The summed E-state index contributed by atoms with van der Waals surface area (Å²) in [6, 6.07) is 10.1. The van der Waals surface area contributed by atoms with Crippen LogP contribution < -0.4 is 5.32 Å². The molecule has 148 valence electrons. The number of nitrogens with zero attached hydrogens (tertiary/aromatic N) is 1. The molecule has 6 heteroatoms. The number of halogens is 1. The summed E-state index contributed by atoms with van der Waals surface area (Å²) in [4.78, 5) is 26.1. The van der Waals surface area contributed by atoms with E-state index >= 15 is 0 Å². The van der Waals surface area contributed by atoms with Gasteiger partial charge in [0.15, 0.2) is 0 Å². The van der Waals surface area contributed by atoms with Gasteiger partial charge in [0.25, 0.3) is 0 Å². The van der Waals surface area contributed by atoms with Crippen molar-refractivity contribution in [1.82, 2.24) is 10.2 Å². The highest BCUT2D eigenvalue weighted by molar-refractivity contribution is 5.91. The van der Waals surface area contributed by atoms with Crippen molar-refractivity contribution in [3.8, 4) is 0 Å². The third-order valence-electron chi connectivity index (χ3n) is 5.03. The maximum Gasteiger partial charge on any atom is 0.246 e. The number of benzene rings is 1. The van der Waals surface area contributed by atoms with Gasteiger partial charge >= 0.3 is 0 Å². The van der Waals surface area contributed by atoms with Crippen LogP contribution >= 0.6 is 0 Å². The monoisotopic (exact) mass is 384 g/mol. The Morgan fingerprint density at radius 3 is 2.68 bits per heavy atom. The first-order valence-corrected chi connectivity index (χ1v) is 9.62. The third-order valence-corrected chi connectivity index (χ3v) is 5.03. The summed E-state index contributed by atoms with van der Waals surface area (Å²) in [5.74, 6) is 0.650. The van der Waals surface area contributed by atoms with Gasteiger partial charge in [0, 0.05) is 32.1 Å². The number of aryl methyl sites for hydroxylation is 1. The van der Waals surface area contributed by atoms with Gasteiger partial charge in [0.1, 0.15) is 11.6 Å². The molecule has 2 heterocycles. The fourth-order valence-electron chi connectivity index (χ4n) is 3.30. The Hall–Kier alpha value is -2.89. The van der Waals surface area contributed by atoms with Gasteiger partial charge in [-0.25, -0.2) is 4.39 Å². The highest BCUT2D eigenvalue weighted by Gasteiger charge is 2.22. The molecule has 2 aromatic rings. The van der Waals surface area contributed by atoms with E-state index in [1.54, 1.807) is 42.7 Å². The zero-order valence-corrected chi connectivity index (χ0v) is 15.8. The van der Waals surface area contributed by atoms with E-state index in [9.17, 15) is 14.0 Å². The van der Waals surface area contributed by atoms with Gasteiger partial charge in [0.05, 0.1) is 6.26 Å². The summed E-state index contributed by atoms with van der Waals surface area (Å²) < 4.78 is 18.8. The summed E-state index contributed by atoms with van der Waals surface area (Å²) in [5, 5.41) is 2.94. The molecule has 2 amide bonds. The van der Waals surface area contributed by atoms with Crippen LogP contribution in [0.3, 0.4) is 0 Å². The SMILES string of the molecule is O=C(CCc1ccccc1F)NCC1CCN(C(=O)/C=C/c2ccco2)CC1. The normalized spacial score (nSPS) is 15.1. The van der Waals surface area contributed by atoms with Gasteiger partial charge in [-0.1, -0.05) is 18.2 Å². The van der Waals surface area contributed by atoms with Crippen molar-refractivity contribution in [2.24, 2.45) is 5.92 Å². The number of carbonyl (C=O) groups excluding carboxylic acids is 2. The predicted molar refractivity (Wildman–Crippen MR) is 105 cm³/mol. The molecule has 1 fully saturated rings. The average molecular weight is 384 g/mol. The first-order valence-electron chi connectivity index (χ1n) is 9.62. The predicted octanol–water partition coefficient (Wildman–Crippen LogP) is 3.42. The molecule has 0 aliphatic carbocycles. The van der Waals surface area contributed by atoms with E-state index in [0.717, 1.165) is 12.8 Å². The molecule has 28 heavy (non-hydrogen) atoms. The lowest BCUT2D eigenvalue weighted by atomic mass is 9.96. The molecule has 0 saturated carbocycles. The molecule has 3 rings (SSSR count). The molecule has 0 spiro atoms. The number of furan rings is 1. The number of carbonyl (C=O) groups is 2. The summed E-state index contributed by atoms with van der Waals surface area (Å²) in [6.45, 7) is 1.95. The van der Waals surface area contributed by atoms with Crippen LogP contribution in [0.4, 0.5) is 4.39 Å². The van der Waals surface area contributed by atoms with E-state index in [4.69, 9.17) is 4.42 Å². The first kappa shape index (κ1) is 19.9. The lowest BCUT2D eigenvalue weighted by Crippen LogP contribution is -2.41. The van der Waals surface area contributed by atoms with Crippen LogP contribution in [0.5, 0.6) is 0 Å². The topological polar surface area (TPSA) is 62.6 Å². The average Bonchev–Trinajstić information content (AvgIpc) is 3.24. The molecule has 0 radical (unpaired) electrons. The molecular weight excluding hydrogens is 359 g/mol. The summed E-state index contributed by atoms with van der Waals surface area (Å²) in [7, 11) is 0. The molecule has 1 N–H and O–H groups in total. The number of rotatable bonds is 7. The van der Waals surface area contributed by atoms with Crippen molar-refractivity contribution in [2.45, 2.75) is 25.7 Å². The van der Waals surface area contributed by atoms with Crippen molar-refractivity contribution < 1.29 is 18.4 Å². The van der Waals surface area contributed by atoms with E-state index in [1.807, 2.05) is 4.90 Å².